The molecule has 1 aromatic carbocycles. The minimum absolute atomic E-state index is 0.131. The lowest BCUT2D eigenvalue weighted by Gasteiger charge is -2.13. The van der Waals surface area contributed by atoms with E-state index in [4.69, 9.17) is 4.42 Å². The summed E-state index contributed by atoms with van der Waals surface area (Å²) in [6.07, 6.45) is 0. The lowest BCUT2D eigenvalue weighted by Crippen LogP contribution is -2.05. The largest absolute Gasteiger partial charge is 0.464 e. The summed E-state index contributed by atoms with van der Waals surface area (Å²) in [5.41, 5.74) is 3.23. The number of hydrogen-bond acceptors (Lipinski definition) is 4. The van der Waals surface area contributed by atoms with Gasteiger partial charge >= 0.3 is 0 Å². The van der Waals surface area contributed by atoms with E-state index in [1.54, 1.807) is 11.3 Å². The fourth-order valence-electron chi connectivity index (χ4n) is 2.27. The number of aromatic nitrogens is 1. The number of benzene rings is 1. The van der Waals surface area contributed by atoms with Gasteiger partial charge in [-0.1, -0.05) is 12.1 Å². The van der Waals surface area contributed by atoms with E-state index in [1.807, 2.05) is 32.0 Å². The highest BCUT2D eigenvalue weighted by Crippen LogP contribution is 2.26. The molecule has 3 rings (SSSR count). The van der Waals surface area contributed by atoms with E-state index in [9.17, 15) is 0 Å². The lowest BCUT2D eigenvalue weighted by atomic mass is 10.1. The molecule has 2 aromatic heterocycles. The first kappa shape index (κ1) is 13.9. The predicted molar refractivity (Wildman–Crippen MR) is 87.8 cm³/mol. The number of aryl methyl sites for hydroxylation is 2. The number of nitrogens with one attached hydrogen (secondary N) is 1. The van der Waals surface area contributed by atoms with Crippen LogP contribution in [0.4, 0.5) is 5.69 Å². The Balaban J connectivity index is 1.80. The van der Waals surface area contributed by atoms with Crippen LogP contribution in [0, 0.1) is 13.8 Å². The second-order valence-corrected chi connectivity index (χ2v) is 6.21. The van der Waals surface area contributed by atoms with Gasteiger partial charge < -0.3 is 9.73 Å². The highest BCUT2D eigenvalue weighted by Gasteiger charge is 2.10. The number of furan rings is 1. The fraction of sp³-hybridized carbons (Fsp3) is 0.235. The van der Waals surface area contributed by atoms with Gasteiger partial charge in [0.25, 0.3) is 0 Å². The van der Waals surface area contributed by atoms with Gasteiger partial charge in [0, 0.05) is 16.6 Å². The van der Waals surface area contributed by atoms with Crippen molar-refractivity contribution in [1.82, 2.24) is 4.98 Å². The van der Waals surface area contributed by atoms with Crippen LogP contribution in [0.2, 0.25) is 0 Å². The number of anilines is 1. The summed E-state index contributed by atoms with van der Waals surface area (Å²) in [7, 11) is 0. The second-order valence-electron chi connectivity index (χ2n) is 5.15. The highest BCUT2D eigenvalue weighted by atomic mass is 32.1. The summed E-state index contributed by atoms with van der Waals surface area (Å²) in [4.78, 5) is 4.53. The maximum absolute atomic E-state index is 5.66. The van der Waals surface area contributed by atoms with E-state index in [2.05, 4.69) is 40.8 Å². The zero-order chi connectivity index (χ0) is 14.8. The Kier molecular flexibility index (Phi) is 3.80. The third kappa shape index (κ3) is 3.16. The number of rotatable bonds is 4. The molecule has 3 aromatic rings. The van der Waals surface area contributed by atoms with E-state index in [0.29, 0.717) is 0 Å². The van der Waals surface area contributed by atoms with Gasteiger partial charge in [0.15, 0.2) is 0 Å². The van der Waals surface area contributed by atoms with Gasteiger partial charge in [-0.15, -0.1) is 11.3 Å². The molecule has 108 valence electrons. The van der Waals surface area contributed by atoms with E-state index < -0.39 is 0 Å². The molecule has 0 aliphatic carbocycles. The molecule has 21 heavy (non-hydrogen) atoms. The Bertz CT molecular complexity index is 745. The van der Waals surface area contributed by atoms with E-state index in [1.165, 1.54) is 0 Å². The molecule has 0 spiro atoms. The summed E-state index contributed by atoms with van der Waals surface area (Å²) in [6, 6.07) is 12.5. The van der Waals surface area contributed by atoms with E-state index in [0.717, 1.165) is 33.5 Å². The van der Waals surface area contributed by atoms with Gasteiger partial charge in [0.1, 0.15) is 11.5 Å². The van der Waals surface area contributed by atoms with Crippen molar-refractivity contribution in [3.05, 3.63) is 58.3 Å². The molecule has 0 saturated heterocycles. The number of hydrogen-bond donors (Lipinski definition) is 1. The summed E-state index contributed by atoms with van der Waals surface area (Å²) < 4.78 is 5.66. The van der Waals surface area contributed by atoms with Crippen LogP contribution in [0.25, 0.3) is 11.3 Å². The van der Waals surface area contributed by atoms with Crippen LogP contribution >= 0.6 is 11.3 Å². The minimum Gasteiger partial charge on any atom is -0.464 e. The molecule has 1 N–H and O–H groups in total. The van der Waals surface area contributed by atoms with Crippen LogP contribution in [-0.2, 0) is 0 Å². The Morgan fingerprint density at radius 2 is 2.05 bits per heavy atom. The first-order valence-corrected chi connectivity index (χ1v) is 7.85. The summed E-state index contributed by atoms with van der Waals surface area (Å²) in [5, 5.41) is 6.65. The van der Waals surface area contributed by atoms with Gasteiger partial charge in [-0.2, -0.15) is 0 Å². The van der Waals surface area contributed by atoms with Gasteiger partial charge in [0.2, 0.25) is 0 Å². The van der Waals surface area contributed by atoms with Crippen LogP contribution in [0.3, 0.4) is 0 Å². The SMILES string of the molecule is Cc1ccc(C(C)Nc2cccc(-c3csc(C)n3)c2)o1. The molecular weight excluding hydrogens is 280 g/mol. The molecule has 0 aliphatic heterocycles. The Morgan fingerprint density at radius 3 is 2.71 bits per heavy atom. The minimum atomic E-state index is 0.131. The zero-order valence-corrected chi connectivity index (χ0v) is 13.2. The predicted octanol–water partition coefficient (Wildman–Crippen LogP) is 5.19. The van der Waals surface area contributed by atoms with Crippen LogP contribution in [-0.4, -0.2) is 4.98 Å². The van der Waals surface area contributed by atoms with Crippen LogP contribution in [0.1, 0.15) is 29.5 Å². The van der Waals surface area contributed by atoms with Crippen molar-refractivity contribution in [2.24, 2.45) is 0 Å². The van der Waals surface area contributed by atoms with Gasteiger partial charge in [-0.3, -0.25) is 0 Å². The molecule has 0 aliphatic rings. The van der Waals surface area contributed by atoms with Gasteiger partial charge in [-0.25, -0.2) is 4.98 Å². The summed E-state index contributed by atoms with van der Waals surface area (Å²) >= 11 is 1.67. The zero-order valence-electron chi connectivity index (χ0n) is 12.4. The van der Waals surface area contributed by atoms with Gasteiger partial charge in [-0.05, 0) is 45.0 Å². The monoisotopic (exact) mass is 298 g/mol. The van der Waals surface area contributed by atoms with Crippen molar-refractivity contribution in [3.63, 3.8) is 0 Å². The van der Waals surface area contributed by atoms with Crippen molar-refractivity contribution < 1.29 is 4.42 Å². The van der Waals surface area contributed by atoms with Crippen LogP contribution in [0.5, 0.6) is 0 Å². The standard InChI is InChI=1S/C17H18N2OS/c1-11-7-8-17(20-11)12(2)18-15-6-4-5-14(9-15)16-10-21-13(3)19-16/h4-10,12,18H,1-3H3. The maximum atomic E-state index is 5.66. The fourth-order valence-corrected chi connectivity index (χ4v) is 2.89. The van der Waals surface area contributed by atoms with Crippen LogP contribution < -0.4 is 5.32 Å². The number of nitrogens with zero attached hydrogens (tertiary/aromatic N) is 1. The molecule has 0 saturated carbocycles. The highest BCUT2D eigenvalue weighted by molar-refractivity contribution is 7.09. The normalized spacial score (nSPS) is 12.3. The smallest absolute Gasteiger partial charge is 0.126 e. The molecule has 1 atom stereocenters. The topological polar surface area (TPSA) is 38.1 Å². The third-order valence-corrected chi connectivity index (χ3v) is 4.12. The molecule has 0 radical (unpaired) electrons. The first-order chi connectivity index (χ1) is 10.1. The second kappa shape index (κ2) is 5.74. The molecular formula is C17H18N2OS. The van der Waals surface area contributed by atoms with E-state index >= 15 is 0 Å². The third-order valence-electron chi connectivity index (χ3n) is 3.35. The molecule has 4 heteroatoms. The summed E-state index contributed by atoms with van der Waals surface area (Å²) in [5.74, 6) is 1.88. The average Bonchev–Trinajstić information content (AvgIpc) is 3.08. The van der Waals surface area contributed by atoms with Crippen molar-refractivity contribution >= 4 is 17.0 Å². The van der Waals surface area contributed by atoms with Crippen molar-refractivity contribution in [1.29, 1.82) is 0 Å². The maximum Gasteiger partial charge on any atom is 0.126 e. The number of thiazole rings is 1. The Hall–Kier alpha value is -2.07. The lowest BCUT2D eigenvalue weighted by molar-refractivity contribution is 0.467. The Labute approximate surface area is 128 Å². The molecule has 0 fully saturated rings. The quantitative estimate of drug-likeness (QED) is 0.720. The van der Waals surface area contributed by atoms with Crippen molar-refractivity contribution in [2.75, 3.05) is 5.32 Å². The molecule has 0 amide bonds. The molecule has 1 unspecified atom stereocenters. The molecule has 0 bridgehead atoms. The summed E-state index contributed by atoms with van der Waals surface area (Å²) in [6.45, 7) is 6.08. The van der Waals surface area contributed by atoms with Crippen LogP contribution in [0.15, 0.2) is 46.2 Å². The van der Waals surface area contributed by atoms with Crippen molar-refractivity contribution in [2.45, 2.75) is 26.8 Å². The van der Waals surface area contributed by atoms with E-state index in [-0.39, 0.29) is 6.04 Å². The Morgan fingerprint density at radius 1 is 1.19 bits per heavy atom. The molecule has 2 heterocycles. The molecule has 3 nitrogen and oxygen atoms in total. The van der Waals surface area contributed by atoms with Gasteiger partial charge in [0.05, 0.1) is 16.7 Å². The average molecular weight is 298 g/mol. The first-order valence-electron chi connectivity index (χ1n) is 6.97. The van der Waals surface area contributed by atoms with Crippen molar-refractivity contribution in [3.8, 4) is 11.3 Å².